The van der Waals surface area contributed by atoms with E-state index in [1.165, 1.54) is 45.2 Å². The number of benzene rings is 3. The number of alkyl halides is 3. The van der Waals surface area contributed by atoms with Gasteiger partial charge in [0.2, 0.25) is 5.91 Å². The fourth-order valence-electron chi connectivity index (χ4n) is 7.21. The number of aliphatic carboxylic acids is 1. The van der Waals surface area contributed by atoms with E-state index in [4.69, 9.17) is 14.3 Å². The number of carbonyl (C=O) groups excluding carboxylic acids is 2. The van der Waals surface area contributed by atoms with Crippen LogP contribution in [0.3, 0.4) is 0 Å². The Morgan fingerprint density at radius 3 is 2.12 bits per heavy atom. The zero-order valence-corrected chi connectivity index (χ0v) is 31.4. The first-order chi connectivity index (χ1) is 26.9. The molecule has 3 aromatic carbocycles. The lowest BCUT2D eigenvalue weighted by atomic mass is 9.87. The summed E-state index contributed by atoms with van der Waals surface area (Å²) in [6.07, 6.45) is 9.18. The van der Waals surface area contributed by atoms with E-state index in [-0.39, 0.29) is 17.6 Å². The zero-order valence-electron chi connectivity index (χ0n) is 31.4. The molecular weight excluding hydrogens is 723 g/mol. The molecule has 9 nitrogen and oxygen atoms in total. The summed E-state index contributed by atoms with van der Waals surface area (Å²) in [7, 11) is 0. The second-order valence-corrected chi connectivity index (χ2v) is 14.5. The third-order valence-electron chi connectivity index (χ3n) is 10.4. The summed E-state index contributed by atoms with van der Waals surface area (Å²) in [6, 6.07) is 26.9. The number of piperidine rings is 2. The number of carbonyl (C=O) groups is 3. The SMILES string of the molecule is O=C(/C=C/c1ccco1)N(CCc1ccc(O)cc1)Cc1cccc(-c2cccc(C(=O)N3CCC(CCCC4CCNCC4)CC3)c2)c1.O=C(O)C(F)(F)F. The van der Waals surface area contributed by atoms with Gasteiger partial charge in [0.05, 0.1) is 6.26 Å². The topological polar surface area (TPSA) is 123 Å². The normalized spacial score (nSPS) is 15.3. The van der Waals surface area contributed by atoms with E-state index >= 15 is 0 Å². The maximum atomic E-state index is 13.6. The number of hydrogen-bond acceptors (Lipinski definition) is 6. The van der Waals surface area contributed by atoms with Crippen LogP contribution in [0.1, 0.15) is 72.2 Å². The average Bonchev–Trinajstić information content (AvgIpc) is 3.74. The summed E-state index contributed by atoms with van der Waals surface area (Å²) in [5, 5.41) is 20.3. The maximum Gasteiger partial charge on any atom is 0.490 e. The fourth-order valence-corrected chi connectivity index (χ4v) is 7.21. The van der Waals surface area contributed by atoms with Gasteiger partial charge in [-0.05, 0) is 128 Å². The third kappa shape index (κ3) is 13.1. The summed E-state index contributed by atoms with van der Waals surface area (Å²) >= 11 is 0. The zero-order chi connectivity index (χ0) is 39.9. The summed E-state index contributed by atoms with van der Waals surface area (Å²) < 4.78 is 37.1. The Morgan fingerprint density at radius 1 is 0.839 bits per heavy atom. The molecular formula is C44H50F3N3O6. The predicted molar refractivity (Wildman–Crippen MR) is 209 cm³/mol. The lowest BCUT2D eigenvalue weighted by Crippen LogP contribution is -2.38. The Morgan fingerprint density at radius 2 is 1.48 bits per heavy atom. The quantitative estimate of drug-likeness (QED) is 0.116. The van der Waals surface area contributed by atoms with Crippen molar-refractivity contribution >= 4 is 23.9 Å². The number of aromatic hydroxyl groups is 1. The van der Waals surface area contributed by atoms with Crippen molar-refractivity contribution in [2.75, 3.05) is 32.7 Å². The Kier molecular flexibility index (Phi) is 15.3. The number of halogens is 3. The molecule has 4 aromatic rings. The third-order valence-corrected chi connectivity index (χ3v) is 10.4. The average molecular weight is 774 g/mol. The van der Waals surface area contributed by atoms with E-state index in [1.54, 1.807) is 36.6 Å². The number of carboxylic acid groups (broad SMARTS) is 1. The number of amides is 2. The van der Waals surface area contributed by atoms with Crippen LogP contribution in [0.4, 0.5) is 13.2 Å². The van der Waals surface area contributed by atoms with Crippen LogP contribution in [0.5, 0.6) is 5.75 Å². The molecule has 0 saturated carbocycles. The van der Waals surface area contributed by atoms with Crippen LogP contribution in [-0.4, -0.2) is 76.7 Å². The first kappa shape index (κ1) is 41.8. The highest BCUT2D eigenvalue weighted by Crippen LogP contribution is 2.28. The van der Waals surface area contributed by atoms with Crippen molar-refractivity contribution in [1.82, 2.24) is 15.1 Å². The van der Waals surface area contributed by atoms with Gasteiger partial charge in [0.25, 0.3) is 5.91 Å². The number of nitrogens with one attached hydrogen (secondary N) is 1. The molecule has 2 amide bonds. The van der Waals surface area contributed by atoms with Crippen LogP contribution < -0.4 is 5.32 Å². The van der Waals surface area contributed by atoms with Gasteiger partial charge in [-0.15, -0.1) is 0 Å². The molecule has 56 heavy (non-hydrogen) atoms. The number of likely N-dealkylation sites (tertiary alicyclic amines) is 1. The van der Waals surface area contributed by atoms with Crippen molar-refractivity contribution in [3.63, 3.8) is 0 Å². The van der Waals surface area contributed by atoms with Gasteiger partial charge >= 0.3 is 12.1 Å². The number of nitrogens with zero attached hydrogens (tertiary/aromatic N) is 2. The number of furan rings is 1. The molecule has 2 aliphatic heterocycles. The minimum Gasteiger partial charge on any atom is -0.508 e. The second-order valence-electron chi connectivity index (χ2n) is 14.5. The van der Waals surface area contributed by atoms with Gasteiger partial charge in [-0.25, -0.2) is 4.79 Å². The van der Waals surface area contributed by atoms with Crippen LogP contribution >= 0.6 is 0 Å². The van der Waals surface area contributed by atoms with Gasteiger partial charge in [0, 0.05) is 37.8 Å². The summed E-state index contributed by atoms with van der Waals surface area (Å²) in [4.78, 5) is 39.7. The molecule has 6 rings (SSSR count). The number of rotatable bonds is 13. The van der Waals surface area contributed by atoms with Crippen molar-refractivity contribution in [2.24, 2.45) is 11.8 Å². The van der Waals surface area contributed by atoms with Crippen molar-refractivity contribution < 1.29 is 42.2 Å². The van der Waals surface area contributed by atoms with Crippen molar-refractivity contribution in [1.29, 1.82) is 0 Å². The molecule has 0 atom stereocenters. The number of phenolic OH excluding ortho intramolecular Hbond substituents is 1. The number of phenols is 1. The molecule has 0 aliphatic carbocycles. The molecule has 298 valence electrons. The van der Waals surface area contributed by atoms with E-state index in [2.05, 4.69) is 17.4 Å². The maximum absolute atomic E-state index is 13.6. The van der Waals surface area contributed by atoms with E-state index in [0.29, 0.717) is 25.3 Å². The van der Waals surface area contributed by atoms with Crippen LogP contribution in [-0.2, 0) is 22.6 Å². The summed E-state index contributed by atoms with van der Waals surface area (Å²) in [6.45, 7) is 4.95. The molecule has 1 aromatic heterocycles. The summed E-state index contributed by atoms with van der Waals surface area (Å²) in [5.74, 6) is -0.293. The monoisotopic (exact) mass is 773 g/mol. The predicted octanol–water partition coefficient (Wildman–Crippen LogP) is 8.59. The molecule has 3 N–H and O–H groups in total. The molecule has 0 unspecified atom stereocenters. The molecule has 2 fully saturated rings. The molecule has 3 heterocycles. The van der Waals surface area contributed by atoms with Gasteiger partial charge in [0.1, 0.15) is 11.5 Å². The van der Waals surface area contributed by atoms with Crippen molar-refractivity contribution in [3.05, 3.63) is 120 Å². The molecule has 0 spiro atoms. The second kappa shape index (κ2) is 20.5. The van der Waals surface area contributed by atoms with Crippen molar-refractivity contribution in [2.45, 2.75) is 64.1 Å². The highest BCUT2D eigenvalue weighted by Gasteiger charge is 2.38. The van der Waals surface area contributed by atoms with Crippen molar-refractivity contribution in [3.8, 4) is 16.9 Å². The smallest absolute Gasteiger partial charge is 0.490 e. The van der Waals surface area contributed by atoms with Crippen LogP contribution in [0.25, 0.3) is 17.2 Å². The van der Waals surface area contributed by atoms with E-state index in [0.717, 1.165) is 65.6 Å². The van der Waals surface area contributed by atoms with E-state index < -0.39 is 12.1 Å². The Labute approximate surface area is 325 Å². The summed E-state index contributed by atoms with van der Waals surface area (Å²) in [5.41, 5.74) is 4.76. The van der Waals surface area contributed by atoms with Crippen LogP contribution in [0, 0.1) is 11.8 Å². The molecule has 2 saturated heterocycles. The van der Waals surface area contributed by atoms with Gasteiger partial charge in [0.15, 0.2) is 0 Å². The van der Waals surface area contributed by atoms with Gasteiger partial charge in [-0.2, -0.15) is 13.2 Å². The standard InChI is InChI=1S/C42H49N3O4.C2HF3O2/c46-39-14-12-34(13-15-39)22-27-45(41(47)17-16-40-11-4-28-49-40)31-35-7-2-8-36(29-35)37-9-3-10-38(30-37)42(48)44-25-20-33(21-26-44)6-1-5-32-18-23-43-24-19-32;3-2(4,5)1(6)7/h2-4,7-17,28-30,32-33,43,46H,1,5-6,18-27,31H2;(H,6,7)/b17-16+;. The minimum atomic E-state index is -5.08. The lowest BCUT2D eigenvalue weighted by Gasteiger charge is -2.32. The Balaban J connectivity index is 0.000000784. The van der Waals surface area contributed by atoms with E-state index in [9.17, 15) is 27.9 Å². The number of hydrogen-bond donors (Lipinski definition) is 3. The van der Waals surface area contributed by atoms with Gasteiger partial charge in [-0.3, -0.25) is 9.59 Å². The highest BCUT2D eigenvalue weighted by atomic mass is 19.4. The largest absolute Gasteiger partial charge is 0.508 e. The highest BCUT2D eigenvalue weighted by molar-refractivity contribution is 5.95. The molecule has 0 bridgehead atoms. The number of carboxylic acids is 1. The minimum absolute atomic E-state index is 0.112. The van der Waals surface area contributed by atoms with Gasteiger partial charge < -0.3 is 29.7 Å². The Bertz CT molecular complexity index is 1880. The van der Waals surface area contributed by atoms with Crippen LogP contribution in [0.2, 0.25) is 0 Å². The van der Waals surface area contributed by atoms with E-state index in [1.807, 2.05) is 64.4 Å². The van der Waals surface area contributed by atoms with Gasteiger partial charge in [-0.1, -0.05) is 61.7 Å². The first-order valence-electron chi connectivity index (χ1n) is 19.2. The lowest BCUT2D eigenvalue weighted by molar-refractivity contribution is -0.192. The molecule has 2 aliphatic rings. The molecule has 0 radical (unpaired) electrons. The molecule has 12 heteroatoms. The first-order valence-corrected chi connectivity index (χ1v) is 19.2. The fraction of sp³-hybridized carbons (Fsp3) is 0.386. The van der Waals surface area contributed by atoms with Crippen LogP contribution in [0.15, 0.2) is 102 Å². The Hall–Kier alpha value is -5.36.